The molecule has 1 amide bonds. The average molecular weight is 278 g/mol. The zero-order valence-corrected chi connectivity index (χ0v) is 12.2. The van der Waals surface area contributed by atoms with Crippen molar-refractivity contribution in [2.75, 3.05) is 18.0 Å². The molecule has 1 aromatic rings. The van der Waals surface area contributed by atoms with Crippen LogP contribution in [0.4, 0.5) is 10.1 Å². The number of nitrogens with one attached hydrogen (secondary N) is 1. The van der Waals surface area contributed by atoms with E-state index in [1.54, 1.807) is 11.0 Å². The number of nitrogens with zero attached hydrogens (tertiary/aromatic N) is 1. The lowest BCUT2D eigenvalue weighted by atomic mass is 9.91. The number of benzene rings is 1. The van der Waals surface area contributed by atoms with E-state index in [1.165, 1.54) is 12.1 Å². The normalized spacial score (nSPS) is 20.4. The van der Waals surface area contributed by atoms with Gasteiger partial charge in [-0.15, -0.1) is 0 Å². The average Bonchev–Trinajstić information content (AvgIpc) is 2.48. The van der Waals surface area contributed by atoms with Crippen LogP contribution in [0.15, 0.2) is 24.3 Å². The highest BCUT2D eigenvalue weighted by molar-refractivity contribution is 5.93. The molecule has 0 aromatic heterocycles. The number of hydrogen-bond donors (Lipinski definition) is 1. The Morgan fingerprint density at radius 1 is 1.55 bits per heavy atom. The van der Waals surface area contributed by atoms with Gasteiger partial charge < -0.3 is 10.2 Å². The van der Waals surface area contributed by atoms with Crippen molar-refractivity contribution in [2.45, 2.75) is 39.2 Å². The van der Waals surface area contributed by atoms with E-state index < -0.39 is 0 Å². The largest absolute Gasteiger partial charge is 0.316 e. The summed E-state index contributed by atoms with van der Waals surface area (Å²) in [6.07, 6.45) is 2.67. The van der Waals surface area contributed by atoms with Crippen molar-refractivity contribution in [1.82, 2.24) is 5.32 Å². The van der Waals surface area contributed by atoms with Crippen molar-refractivity contribution in [1.29, 1.82) is 0 Å². The molecule has 0 radical (unpaired) electrons. The third-order valence-electron chi connectivity index (χ3n) is 4.08. The van der Waals surface area contributed by atoms with Crippen LogP contribution in [0.25, 0.3) is 0 Å². The van der Waals surface area contributed by atoms with Gasteiger partial charge in [-0.3, -0.25) is 4.79 Å². The van der Waals surface area contributed by atoms with E-state index >= 15 is 0 Å². The van der Waals surface area contributed by atoms with Gasteiger partial charge in [0.15, 0.2) is 0 Å². The lowest BCUT2D eigenvalue weighted by Gasteiger charge is -2.37. The Labute approximate surface area is 120 Å². The van der Waals surface area contributed by atoms with Crippen LogP contribution in [-0.4, -0.2) is 25.0 Å². The van der Waals surface area contributed by atoms with Gasteiger partial charge in [-0.1, -0.05) is 13.0 Å². The van der Waals surface area contributed by atoms with Gasteiger partial charge in [-0.25, -0.2) is 4.39 Å². The van der Waals surface area contributed by atoms with Gasteiger partial charge in [0.25, 0.3) is 0 Å². The van der Waals surface area contributed by atoms with E-state index in [0.717, 1.165) is 25.9 Å². The molecule has 3 nitrogen and oxygen atoms in total. The van der Waals surface area contributed by atoms with E-state index in [2.05, 4.69) is 12.2 Å². The molecule has 0 saturated carbocycles. The number of piperidine rings is 1. The zero-order valence-electron chi connectivity index (χ0n) is 12.2. The van der Waals surface area contributed by atoms with E-state index in [9.17, 15) is 9.18 Å². The van der Waals surface area contributed by atoms with Crippen molar-refractivity contribution < 1.29 is 9.18 Å². The molecule has 1 aliphatic rings. The van der Waals surface area contributed by atoms with Crippen LogP contribution in [0.2, 0.25) is 0 Å². The minimum absolute atomic E-state index is 0.0497. The molecule has 1 aliphatic heterocycles. The maximum absolute atomic E-state index is 13.5. The maximum Gasteiger partial charge on any atom is 0.226 e. The summed E-state index contributed by atoms with van der Waals surface area (Å²) in [6.45, 7) is 5.88. The Morgan fingerprint density at radius 2 is 2.35 bits per heavy atom. The minimum atomic E-state index is -0.301. The molecule has 1 aromatic carbocycles. The molecule has 110 valence electrons. The van der Waals surface area contributed by atoms with Crippen LogP contribution in [-0.2, 0) is 4.79 Å². The summed E-state index contributed by atoms with van der Waals surface area (Å²) in [5.41, 5.74) is 0.662. The van der Waals surface area contributed by atoms with Gasteiger partial charge in [0.05, 0.1) is 0 Å². The molecule has 20 heavy (non-hydrogen) atoms. The smallest absolute Gasteiger partial charge is 0.226 e. The second-order valence-electron chi connectivity index (χ2n) is 5.44. The number of carbonyl (C=O) groups excluding carboxylic acids is 1. The standard InChI is InChI=1S/C16H23FN2O/c1-3-16(20)19(15-8-4-7-14(17)10-15)12(2)13-6-5-9-18-11-13/h4,7-8,10,12-13,18H,3,5-6,9,11H2,1-2H3. The summed E-state index contributed by atoms with van der Waals surface area (Å²) in [5.74, 6) is 0.168. The lowest BCUT2D eigenvalue weighted by Crippen LogP contribution is -2.47. The van der Waals surface area contributed by atoms with Gasteiger partial charge in [0.1, 0.15) is 5.82 Å². The van der Waals surface area contributed by atoms with Crippen molar-refractivity contribution >= 4 is 11.6 Å². The lowest BCUT2D eigenvalue weighted by molar-refractivity contribution is -0.119. The first-order valence-electron chi connectivity index (χ1n) is 7.41. The number of anilines is 1. The number of carbonyl (C=O) groups is 1. The number of halogens is 1. The molecule has 0 spiro atoms. The highest BCUT2D eigenvalue weighted by Gasteiger charge is 2.28. The van der Waals surface area contributed by atoms with E-state index in [4.69, 9.17) is 0 Å². The second kappa shape index (κ2) is 6.84. The molecule has 1 fully saturated rings. The van der Waals surface area contributed by atoms with Crippen LogP contribution in [0.1, 0.15) is 33.1 Å². The molecule has 1 N–H and O–H groups in total. The minimum Gasteiger partial charge on any atom is -0.316 e. The van der Waals surface area contributed by atoms with Crippen LogP contribution in [0.5, 0.6) is 0 Å². The highest BCUT2D eigenvalue weighted by Crippen LogP contribution is 2.26. The molecule has 1 saturated heterocycles. The zero-order chi connectivity index (χ0) is 14.5. The Morgan fingerprint density at radius 3 is 2.95 bits per heavy atom. The highest BCUT2D eigenvalue weighted by atomic mass is 19.1. The first kappa shape index (κ1) is 15.0. The fourth-order valence-electron chi connectivity index (χ4n) is 2.90. The van der Waals surface area contributed by atoms with Crippen molar-refractivity contribution in [3.05, 3.63) is 30.1 Å². The summed E-state index contributed by atoms with van der Waals surface area (Å²) < 4.78 is 13.5. The predicted octanol–water partition coefficient (Wildman–Crippen LogP) is 2.96. The Bertz CT molecular complexity index is 458. The van der Waals surface area contributed by atoms with Gasteiger partial charge >= 0.3 is 0 Å². The summed E-state index contributed by atoms with van der Waals surface area (Å²) in [5, 5.41) is 3.38. The molecule has 1 heterocycles. The third-order valence-corrected chi connectivity index (χ3v) is 4.08. The molecule has 4 heteroatoms. The Hall–Kier alpha value is -1.42. The summed E-state index contributed by atoms with van der Waals surface area (Å²) in [7, 11) is 0. The Kier molecular flexibility index (Phi) is 5.12. The fraction of sp³-hybridized carbons (Fsp3) is 0.562. The van der Waals surface area contributed by atoms with Crippen molar-refractivity contribution in [2.24, 2.45) is 5.92 Å². The summed E-state index contributed by atoms with van der Waals surface area (Å²) >= 11 is 0. The van der Waals surface area contributed by atoms with E-state index in [0.29, 0.717) is 18.0 Å². The first-order chi connectivity index (χ1) is 9.63. The molecule has 2 rings (SSSR count). The fourth-order valence-corrected chi connectivity index (χ4v) is 2.90. The predicted molar refractivity (Wildman–Crippen MR) is 79.2 cm³/mol. The van der Waals surface area contributed by atoms with Crippen LogP contribution in [0.3, 0.4) is 0 Å². The second-order valence-corrected chi connectivity index (χ2v) is 5.44. The van der Waals surface area contributed by atoms with E-state index in [-0.39, 0.29) is 17.8 Å². The molecule has 2 atom stereocenters. The summed E-state index contributed by atoms with van der Waals surface area (Å²) in [4.78, 5) is 14.1. The van der Waals surface area contributed by atoms with Gasteiger partial charge in [-0.2, -0.15) is 0 Å². The number of hydrogen-bond acceptors (Lipinski definition) is 2. The van der Waals surface area contributed by atoms with Gasteiger partial charge in [0.2, 0.25) is 5.91 Å². The molecule has 0 aliphatic carbocycles. The summed E-state index contributed by atoms with van der Waals surface area (Å²) in [6, 6.07) is 6.40. The molecule has 0 bridgehead atoms. The van der Waals surface area contributed by atoms with Crippen molar-refractivity contribution in [3.63, 3.8) is 0 Å². The number of amides is 1. The molecule has 2 unspecified atom stereocenters. The first-order valence-corrected chi connectivity index (χ1v) is 7.41. The topological polar surface area (TPSA) is 32.3 Å². The SMILES string of the molecule is CCC(=O)N(c1cccc(F)c1)C(C)C1CCCNC1. The Balaban J connectivity index is 2.24. The molecular weight excluding hydrogens is 255 g/mol. The maximum atomic E-state index is 13.5. The third kappa shape index (κ3) is 3.37. The quantitative estimate of drug-likeness (QED) is 0.918. The van der Waals surface area contributed by atoms with Crippen LogP contribution in [0, 0.1) is 11.7 Å². The van der Waals surface area contributed by atoms with Gasteiger partial charge in [-0.05, 0) is 57.0 Å². The van der Waals surface area contributed by atoms with Crippen molar-refractivity contribution in [3.8, 4) is 0 Å². The van der Waals surface area contributed by atoms with E-state index in [1.807, 2.05) is 13.0 Å². The van der Waals surface area contributed by atoms with Gasteiger partial charge in [0, 0.05) is 18.2 Å². The van der Waals surface area contributed by atoms with Crippen LogP contribution >= 0.6 is 0 Å². The monoisotopic (exact) mass is 278 g/mol. The van der Waals surface area contributed by atoms with Crippen LogP contribution < -0.4 is 10.2 Å². The number of rotatable bonds is 4. The molecular formula is C16H23FN2O.